The maximum atomic E-state index is 11.5. The molecule has 0 spiro atoms. The van der Waals surface area contributed by atoms with Crippen molar-refractivity contribution in [1.82, 2.24) is 19.5 Å². The summed E-state index contributed by atoms with van der Waals surface area (Å²) in [4.78, 5) is 15.7. The number of hydrogen-bond donors (Lipinski definition) is 2. The van der Waals surface area contributed by atoms with Gasteiger partial charge in [-0.1, -0.05) is 35.3 Å². The fourth-order valence-electron chi connectivity index (χ4n) is 4.06. The van der Waals surface area contributed by atoms with Crippen LogP contribution in [-0.2, 0) is 22.6 Å². The van der Waals surface area contributed by atoms with Crippen LogP contribution in [0.15, 0.2) is 72.9 Å². The van der Waals surface area contributed by atoms with Gasteiger partial charge in [0.1, 0.15) is 5.82 Å². The third-order valence-corrected chi connectivity index (χ3v) is 7.46. The van der Waals surface area contributed by atoms with E-state index in [9.17, 15) is 8.42 Å². The van der Waals surface area contributed by atoms with Crippen LogP contribution in [0.5, 0.6) is 0 Å². The summed E-state index contributed by atoms with van der Waals surface area (Å²) in [5, 5.41) is 7.51. The molecule has 200 valence electrons. The van der Waals surface area contributed by atoms with Gasteiger partial charge in [0.25, 0.3) is 0 Å². The summed E-state index contributed by atoms with van der Waals surface area (Å²) in [5.74, 6) is 1.74. The average Bonchev–Trinajstić information content (AvgIpc) is 3.20. The lowest BCUT2D eigenvalue weighted by Gasteiger charge is -2.19. The Kier molecular flexibility index (Phi) is 7.35. The van der Waals surface area contributed by atoms with E-state index in [0.717, 1.165) is 28.0 Å². The highest BCUT2D eigenvalue weighted by atomic mass is 35.5. The van der Waals surface area contributed by atoms with Crippen LogP contribution in [0.3, 0.4) is 0 Å². The number of anilines is 6. The molecule has 2 N–H and O–H groups in total. The van der Waals surface area contributed by atoms with Crippen LogP contribution in [0.2, 0.25) is 10.0 Å². The second kappa shape index (κ2) is 10.7. The summed E-state index contributed by atoms with van der Waals surface area (Å²) in [5.41, 5.74) is 4.83. The van der Waals surface area contributed by atoms with Gasteiger partial charge in [-0.05, 0) is 60.2 Å². The van der Waals surface area contributed by atoms with Gasteiger partial charge in [0.15, 0.2) is 9.84 Å². The highest BCUT2D eigenvalue weighted by molar-refractivity contribution is 7.89. The van der Waals surface area contributed by atoms with Crippen molar-refractivity contribution >= 4 is 78.8 Å². The lowest BCUT2D eigenvalue weighted by atomic mass is 10.2. The predicted octanol–water partition coefficient (Wildman–Crippen LogP) is 6.47. The number of aromatic nitrogens is 4. The number of aryl methyl sites for hydroxylation is 1. The number of nitrogens with one attached hydrogen (secondary N) is 2. The molecule has 0 radical (unpaired) electrons. The van der Waals surface area contributed by atoms with Gasteiger partial charge in [-0.25, -0.2) is 18.4 Å². The van der Waals surface area contributed by atoms with Gasteiger partial charge in [0.2, 0.25) is 11.9 Å². The summed E-state index contributed by atoms with van der Waals surface area (Å²) in [6.07, 6.45) is 2.89. The van der Waals surface area contributed by atoms with E-state index in [1.807, 2.05) is 53.9 Å². The Morgan fingerprint density at radius 2 is 1.72 bits per heavy atom. The molecule has 0 atom stereocenters. The van der Waals surface area contributed by atoms with E-state index in [1.165, 1.54) is 6.26 Å². The van der Waals surface area contributed by atoms with Crippen molar-refractivity contribution in [1.29, 1.82) is 0 Å². The van der Waals surface area contributed by atoms with Gasteiger partial charge in [-0.15, -0.1) is 0 Å². The molecule has 0 saturated carbocycles. The van der Waals surface area contributed by atoms with Crippen molar-refractivity contribution in [3.63, 3.8) is 0 Å². The van der Waals surface area contributed by atoms with Crippen LogP contribution < -0.4 is 15.5 Å². The number of benzene rings is 3. The SMILES string of the molecule is CN(c1ccc2c(c1)nc(Nc1ccc(Cl)cc1Cl)n2C)c1ccnc(Nc2ccc(CS(C)(=O)=O)cc2)n1. The molecule has 9 nitrogen and oxygen atoms in total. The lowest BCUT2D eigenvalue weighted by Crippen LogP contribution is -2.12. The minimum Gasteiger partial charge on any atom is -0.329 e. The monoisotopic (exact) mass is 581 g/mol. The number of imidazole rings is 1. The van der Waals surface area contributed by atoms with E-state index in [-0.39, 0.29) is 5.75 Å². The van der Waals surface area contributed by atoms with Crippen molar-refractivity contribution in [2.45, 2.75) is 5.75 Å². The molecule has 2 heterocycles. The molecule has 0 amide bonds. The Morgan fingerprint density at radius 1 is 0.949 bits per heavy atom. The third-order valence-electron chi connectivity index (χ3n) is 6.05. The van der Waals surface area contributed by atoms with Crippen LogP contribution >= 0.6 is 23.2 Å². The zero-order valence-electron chi connectivity index (χ0n) is 21.4. The molecule has 0 aliphatic rings. The quantitative estimate of drug-likeness (QED) is 0.215. The first-order valence-electron chi connectivity index (χ1n) is 11.8. The first-order valence-corrected chi connectivity index (χ1v) is 14.7. The summed E-state index contributed by atoms with van der Waals surface area (Å²) in [7, 11) is 0.758. The summed E-state index contributed by atoms with van der Waals surface area (Å²) in [6.45, 7) is 0. The standard InChI is InChI=1S/C27H25Cl2N7O2S/c1-35(25-12-13-30-26(34-25)31-19-7-4-17(5-8-19)16-39(3,37)38)20-9-11-24-23(15-20)33-27(36(24)2)32-22-10-6-18(28)14-21(22)29/h4-15H,16H2,1-3H3,(H,32,33)(H,30,31,34). The van der Waals surface area contributed by atoms with Gasteiger partial charge in [-0.3, -0.25) is 0 Å². The molecule has 0 fully saturated rings. The molecule has 5 aromatic rings. The number of fused-ring (bicyclic) bond motifs is 1. The molecular formula is C27H25Cl2N7O2S. The van der Waals surface area contributed by atoms with Gasteiger partial charge in [0, 0.05) is 42.9 Å². The zero-order valence-corrected chi connectivity index (χ0v) is 23.7. The fourth-order valence-corrected chi connectivity index (χ4v) is 5.32. The van der Waals surface area contributed by atoms with Crippen LogP contribution in [0.4, 0.5) is 34.8 Å². The number of halogens is 2. The van der Waals surface area contributed by atoms with Crippen LogP contribution in [0.25, 0.3) is 11.0 Å². The highest BCUT2D eigenvalue weighted by Gasteiger charge is 2.14. The van der Waals surface area contributed by atoms with E-state index in [0.29, 0.717) is 33.4 Å². The van der Waals surface area contributed by atoms with Gasteiger partial charge in [-0.2, -0.15) is 4.98 Å². The summed E-state index contributed by atoms with van der Waals surface area (Å²) < 4.78 is 25.0. The largest absolute Gasteiger partial charge is 0.329 e. The Morgan fingerprint density at radius 3 is 2.44 bits per heavy atom. The lowest BCUT2D eigenvalue weighted by molar-refractivity contribution is 0.601. The Labute approximate surface area is 236 Å². The molecule has 0 unspecified atom stereocenters. The molecule has 0 bridgehead atoms. The van der Waals surface area contributed by atoms with E-state index in [4.69, 9.17) is 28.2 Å². The molecule has 0 saturated heterocycles. The topological polar surface area (TPSA) is 105 Å². The molecular weight excluding hydrogens is 557 g/mol. The third kappa shape index (κ3) is 6.25. The van der Waals surface area contributed by atoms with Crippen LogP contribution in [0, 0.1) is 0 Å². The molecule has 2 aromatic heterocycles. The van der Waals surface area contributed by atoms with E-state index >= 15 is 0 Å². The molecule has 39 heavy (non-hydrogen) atoms. The highest BCUT2D eigenvalue weighted by Crippen LogP contribution is 2.31. The second-order valence-electron chi connectivity index (χ2n) is 9.11. The fraction of sp³-hybridized carbons (Fsp3) is 0.148. The van der Waals surface area contributed by atoms with Gasteiger partial charge < -0.3 is 20.1 Å². The molecule has 12 heteroatoms. The minimum atomic E-state index is -3.09. The zero-order chi connectivity index (χ0) is 27.7. The number of hydrogen-bond acceptors (Lipinski definition) is 8. The van der Waals surface area contributed by atoms with Crippen molar-refractivity contribution < 1.29 is 8.42 Å². The van der Waals surface area contributed by atoms with Gasteiger partial charge >= 0.3 is 0 Å². The van der Waals surface area contributed by atoms with Crippen LogP contribution in [-0.4, -0.2) is 41.2 Å². The first kappa shape index (κ1) is 26.7. The maximum Gasteiger partial charge on any atom is 0.229 e. The number of nitrogens with zero attached hydrogens (tertiary/aromatic N) is 5. The Bertz CT molecular complexity index is 1770. The van der Waals surface area contributed by atoms with E-state index < -0.39 is 9.84 Å². The minimum absolute atomic E-state index is 0.00287. The van der Waals surface area contributed by atoms with E-state index in [1.54, 1.807) is 42.6 Å². The maximum absolute atomic E-state index is 11.5. The van der Waals surface area contributed by atoms with Crippen molar-refractivity contribution in [2.24, 2.45) is 7.05 Å². The Balaban J connectivity index is 1.35. The van der Waals surface area contributed by atoms with Crippen LogP contribution in [0.1, 0.15) is 5.56 Å². The van der Waals surface area contributed by atoms with Crippen molar-refractivity contribution in [2.75, 3.05) is 28.8 Å². The Hall–Kier alpha value is -3.86. The normalized spacial score (nSPS) is 11.5. The number of sulfone groups is 1. The predicted molar refractivity (Wildman–Crippen MR) is 159 cm³/mol. The van der Waals surface area contributed by atoms with Crippen molar-refractivity contribution in [3.05, 3.63) is 88.5 Å². The number of rotatable bonds is 8. The smallest absolute Gasteiger partial charge is 0.229 e. The van der Waals surface area contributed by atoms with E-state index in [2.05, 4.69) is 20.6 Å². The van der Waals surface area contributed by atoms with Gasteiger partial charge in [0.05, 0.1) is 27.5 Å². The molecule has 0 aliphatic carbocycles. The molecule has 5 rings (SSSR count). The first-order chi connectivity index (χ1) is 18.6. The second-order valence-corrected chi connectivity index (χ2v) is 12.1. The average molecular weight is 583 g/mol. The molecule has 3 aromatic carbocycles. The molecule has 0 aliphatic heterocycles. The van der Waals surface area contributed by atoms with Crippen molar-refractivity contribution in [3.8, 4) is 0 Å². The summed E-state index contributed by atoms with van der Waals surface area (Å²) >= 11 is 12.3. The summed E-state index contributed by atoms with van der Waals surface area (Å²) in [6, 6.07) is 20.2.